The van der Waals surface area contributed by atoms with E-state index in [0.29, 0.717) is 0 Å². The highest BCUT2D eigenvalue weighted by atomic mass is 32.1. The van der Waals surface area contributed by atoms with Gasteiger partial charge in [0.25, 0.3) is 0 Å². The van der Waals surface area contributed by atoms with Crippen LogP contribution in [-0.4, -0.2) is 4.98 Å². The van der Waals surface area contributed by atoms with Gasteiger partial charge in [0.1, 0.15) is 0 Å². The lowest BCUT2D eigenvalue weighted by molar-refractivity contribution is 0.804. The van der Waals surface area contributed by atoms with Crippen LogP contribution < -0.4 is 0 Å². The molecule has 1 nitrogen and oxygen atoms in total. The lowest BCUT2D eigenvalue weighted by Crippen LogP contribution is -1.79. The molecule has 2 rings (SSSR count). The normalized spacial score (nSPS) is 11.2. The minimum Gasteiger partial charge on any atom is -0.262 e. The smallest absolute Gasteiger partial charge is 0.0378 e. The molecule has 0 aliphatic rings. The molecule has 0 fully saturated rings. The van der Waals surface area contributed by atoms with Crippen LogP contribution in [0, 0.1) is 6.92 Å². The van der Waals surface area contributed by atoms with E-state index in [0.717, 1.165) is 5.69 Å². The number of hydrogen-bond donors (Lipinski definition) is 0. The van der Waals surface area contributed by atoms with Crippen LogP contribution in [0.4, 0.5) is 0 Å². The van der Waals surface area contributed by atoms with Gasteiger partial charge in [-0.1, -0.05) is 19.4 Å². The van der Waals surface area contributed by atoms with Crippen molar-refractivity contribution in [3.63, 3.8) is 0 Å². The van der Waals surface area contributed by atoms with Gasteiger partial charge in [0, 0.05) is 21.6 Å². The fourth-order valence-electron chi connectivity index (χ4n) is 1.82. The zero-order valence-electron chi connectivity index (χ0n) is 11.0. The molecule has 0 spiro atoms. The molecule has 0 atom stereocenters. The van der Waals surface area contributed by atoms with Crippen molar-refractivity contribution < 1.29 is 0 Å². The number of aromatic nitrogens is 1. The minimum atomic E-state index is 1.06. The van der Waals surface area contributed by atoms with E-state index in [1.807, 2.05) is 30.5 Å². The summed E-state index contributed by atoms with van der Waals surface area (Å²) >= 11 is 1.89. The van der Waals surface area contributed by atoms with Crippen molar-refractivity contribution in [2.45, 2.75) is 33.1 Å². The Labute approximate surface area is 113 Å². The second-order valence-electron chi connectivity index (χ2n) is 4.47. The van der Waals surface area contributed by atoms with Gasteiger partial charge in [0.15, 0.2) is 0 Å². The SMILES string of the molecule is CCCCc1ccc(C=Cc2ccnc(C)c2)s1. The molecule has 2 aromatic heterocycles. The van der Waals surface area contributed by atoms with E-state index in [2.05, 4.69) is 42.3 Å². The Hall–Kier alpha value is -1.41. The highest BCUT2D eigenvalue weighted by Gasteiger charge is 1.97. The van der Waals surface area contributed by atoms with Crippen molar-refractivity contribution in [2.24, 2.45) is 0 Å². The van der Waals surface area contributed by atoms with Crippen LogP contribution in [0.1, 0.15) is 40.8 Å². The zero-order valence-corrected chi connectivity index (χ0v) is 11.8. The largest absolute Gasteiger partial charge is 0.262 e. The fourth-order valence-corrected chi connectivity index (χ4v) is 2.78. The molecule has 0 aromatic carbocycles. The Morgan fingerprint density at radius 2 is 2.11 bits per heavy atom. The summed E-state index contributed by atoms with van der Waals surface area (Å²) < 4.78 is 0. The molecule has 18 heavy (non-hydrogen) atoms. The molecule has 0 aliphatic heterocycles. The Bertz CT molecular complexity index is 525. The van der Waals surface area contributed by atoms with Crippen molar-refractivity contribution >= 4 is 23.5 Å². The second kappa shape index (κ2) is 6.50. The van der Waals surface area contributed by atoms with Crippen LogP contribution in [0.3, 0.4) is 0 Å². The third-order valence-corrected chi connectivity index (χ3v) is 3.93. The number of hydrogen-bond acceptors (Lipinski definition) is 2. The van der Waals surface area contributed by atoms with Gasteiger partial charge in [-0.3, -0.25) is 4.98 Å². The van der Waals surface area contributed by atoms with Gasteiger partial charge < -0.3 is 0 Å². The van der Waals surface area contributed by atoms with E-state index >= 15 is 0 Å². The van der Waals surface area contributed by atoms with Crippen molar-refractivity contribution in [1.29, 1.82) is 0 Å². The van der Waals surface area contributed by atoms with Crippen LogP contribution >= 0.6 is 11.3 Å². The summed E-state index contributed by atoms with van der Waals surface area (Å²) in [4.78, 5) is 7.02. The topological polar surface area (TPSA) is 12.9 Å². The van der Waals surface area contributed by atoms with Gasteiger partial charge in [-0.05, 0) is 55.7 Å². The average Bonchev–Trinajstić information content (AvgIpc) is 2.82. The third-order valence-electron chi connectivity index (χ3n) is 2.82. The lowest BCUT2D eigenvalue weighted by atomic mass is 10.2. The summed E-state index contributed by atoms with van der Waals surface area (Å²) in [6.07, 6.45) is 9.96. The van der Waals surface area contributed by atoms with Gasteiger partial charge in [0.05, 0.1) is 0 Å². The monoisotopic (exact) mass is 257 g/mol. The molecule has 0 aliphatic carbocycles. The first kappa shape index (κ1) is 13.0. The van der Waals surface area contributed by atoms with E-state index < -0.39 is 0 Å². The van der Waals surface area contributed by atoms with Crippen LogP contribution in [0.5, 0.6) is 0 Å². The van der Waals surface area contributed by atoms with Gasteiger partial charge in [0.2, 0.25) is 0 Å². The molecular weight excluding hydrogens is 238 g/mol. The summed E-state index contributed by atoms with van der Waals surface area (Å²) in [5.41, 5.74) is 2.28. The highest BCUT2D eigenvalue weighted by molar-refractivity contribution is 7.12. The summed E-state index contributed by atoms with van der Waals surface area (Å²) in [6.45, 7) is 4.26. The van der Waals surface area contributed by atoms with Gasteiger partial charge in [-0.25, -0.2) is 0 Å². The molecule has 0 saturated carbocycles. The zero-order chi connectivity index (χ0) is 12.8. The predicted octanol–water partition coefficient (Wildman–Crippen LogP) is 4.96. The Balaban J connectivity index is 2.02. The Kier molecular flexibility index (Phi) is 4.71. The van der Waals surface area contributed by atoms with E-state index in [1.54, 1.807) is 0 Å². The number of rotatable bonds is 5. The summed E-state index contributed by atoms with van der Waals surface area (Å²) in [5.74, 6) is 0. The summed E-state index contributed by atoms with van der Waals surface area (Å²) in [5, 5.41) is 0. The molecule has 0 unspecified atom stereocenters. The second-order valence-corrected chi connectivity index (χ2v) is 5.67. The van der Waals surface area contributed by atoms with Crippen LogP contribution in [0.15, 0.2) is 30.5 Å². The maximum Gasteiger partial charge on any atom is 0.0378 e. The first-order valence-electron chi connectivity index (χ1n) is 6.47. The first-order chi connectivity index (χ1) is 8.78. The average molecular weight is 257 g/mol. The van der Waals surface area contributed by atoms with Crippen LogP contribution in [0.25, 0.3) is 12.2 Å². The Morgan fingerprint density at radius 3 is 2.89 bits per heavy atom. The lowest BCUT2D eigenvalue weighted by Gasteiger charge is -1.94. The van der Waals surface area contributed by atoms with Gasteiger partial charge in [-0.2, -0.15) is 0 Å². The van der Waals surface area contributed by atoms with E-state index in [4.69, 9.17) is 0 Å². The van der Waals surface area contributed by atoms with Gasteiger partial charge >= 0.3 is 0 Å². The number of pyridine rings is 1. The molecule has 0 bridgehead atoms. The minimum absolute atomic E-state index is 1.06. The quantitative estimate of drug-likeness (QED) is 0.737. The number of unbranched alkanes of at least 4 members (excludes halogenated alkanes) is 1. The van der Waals surface area contributed by atoms with Crippen molar-refractivity contribution in [3.8, 4) is 0 Å². The molecule has 0 saturated heterocycles. The van der Waals surface area contributed by atoms with E-state index in [1.165, 1.54) is 34.6 Å². The molecule has 0 amide bonds. The summed E-state index contributed by atoms with van der Waals surface area (Å²) in [6, 6.07) is 8.59. The van der Waals surface area contributed by atoms with Gasteiger partial charge in [-0.15, -0.1) is 11.3 Å². The van der Waals surface area contributed by atoms with Crippen molar-refractivity contribution in [1.82, 2.24) is 4.98 Å². The number of thiophene rings is 1. The summed E-state index contributed by atoms with van der Waals surface area (Å²) in [7, 11) is 0. The standard InChI is InChI=1S/C16H19NS/c1-3-4-5-15-8-9-16(18-15)7-6-14-10-11-17-13(2)12-14/h6-12H,3-5H2,1-2H3. The first-order valence-corrected chi connectivity index (χ1v) is 7.29. The number of aryl methyl sites for hydroxylation is 2. The molecular formula is C16H19NS. The maximum atomic E-state index is 4.20. The van der Waals surface area contributed by atoms with Crippen LogP contribution in [0.2, 0.25) is 0 Å². The molecule has 0 radical (unpaired) electrons. The van der Waals surface area contributed by atoms with Crippen molar-refractivity contribution in [2.75, 3.05) is 0 Å². The maximum absolute atomic E-state index is 4.20. The molecule has 2 heteroatoms. The fraction of sp³-hybridized carbons (Fsp3) is 0.312. The predicted molar refractivity (Wildman–Crippen MR) is 80.8 cm³/mol. The number of nitrogens with zero attached hydrogens (tertiary/aromatic N) is 1. The van der Waals surface area contributed by atoms with Crippen LogP contribution in [-0.2, 0) is 6.42 Å². The molecule has 2 aromatic rings. The third kappa shape index (κ3) is 3.81. The molecule has 2 heterocycles. The molecule has 94 valence electrons. The van der Waals surface area contributed by atoms with E-state index in [-0.39, 0.29) is 0 Å². The highest BCUT2D eigenvalue weighted by Crippen LogP contribution is 2.20. The van der Waals surface area contributed by atoms with Crippen molar-refractivity contribution in [3.05, 3.63) is 51.5 Å². The molecule has 0 N–H and O–H groups in total. The Morgan fingerprint density at radius 1 is 1.22 bits per heavy atom. The van der Waals surface area contributed by atoms with E-state index in [9.17, 15) is 0 Å².